The molecule has 236 valence electrons. The van der Waals surface area contributed by atoms with E-state index in [1.54, 1.807) is 26.9 Å². The zero-order valence-electron chi connectivity index (χ0n) is 26.3. The van der Waals surface area contributed by atoms with Crippen molar-refractivity contribution in [2.75, 3.05) is 44.3 Å². The van der Waals surface area contributed by atoms with Crippen LogP contribution in [0.3, 0.4) is 0 Å². The first-order valence-electron chi connectivity index (χ1n) is 15.8. The molecule has 0 aliphatic carbocycles. The summed E-state index contributed by atoms with van der Waals surface area (Å²) in [4.78, 5) is 48.6. The smallest absolute Gasteiger partial charge is 0.248 e. The number of hydrogen-bond donors (Lipinski definition) is 1. The molecular formula is C34H49N3O6. The number of benzene rings is 1. The fourth-order valence-corrected chi connectivity index (χ4v) is 7.51. The zero-order valence-corrected chi connectivity index (χ0v) is 26.3. The summed E-state index contributed by atoms with van der Waals surface area (Å²) in [7, 11) is 0. The molecule has 3 heterocycles. The van der Waals surface area contributed by atoms with E-state index in [0.29, 0.717) is 56.9 Å². The van der Waals surface area contributed by atoms with Crippen LogP contribution in [0.1, 0.15) is 59.8 Å². The molecule has 3 saturated heterocycles. The fraction of sp³-hybridized carbons (Fsp3) is 0.618. The molecule has 3 fully saturated rings. The summed E-state index contributed by atoms with van der Waals surface area (Å²) in [5.41, 5.74) is -1.37. The maximum Gasteiger partial charge on any atom is 0.248 e. The number of carbonyl (C=O) groups excluding carboxylic acids is 3. The van der Waals surface area contributed by atoms with Gasteiger partial charge in [0.15, 0.2) is 0 Å². The van der Waals surface area contributed by atoms with Crippen LogP contribution in [0.5, 0.6) is 5.75 Å². The zero-order chi connectivity index (χ0) is 31.4. The van der Waals surface area contributed by atoms with E-state index in [0.717, 1.165) is 12.8 Å². The van der Waals surface area contributed by atoms with E-state index in [9.17, 15) is 19.5 Å². The molecule has 3 amide bonds. The summed E-state index contributed by atoms with van der Waals surface area (Å²) in [6, 6.07) is 6.49. The first-order valence-corrected chi connectivity index (χ1v) is 15.8. The lowest BCUT2D eigenvalue weighted by Gasteiger charge is -2.39. The van der Waals surface area contributed by atoms with Crippen LogP contribution in [0, 0.1) is 17.8 Å². The predicted octanol–water partition coefficient (Wildman–Crippen LogP) is 4.20. The monoisotopic (exact) mass is 595 g/mol. The number of rotatable bonds is 16. The highest BCUT2D eigenvalue weighted by molar-refractivity contribution is 6.03. The number of anilines is 1. The molecule has 1 spiro atoms. The minimum atomic E-state index is -1.12. The van der Waals surface area contributed by atoms with Crippen molar-refractivity contribution < 1.29 is 29.0 Å². The van der Waals surface area contributed by atoms with Gasteiger partial charge in [0.25, 0.3) is 0 Å². The fourth-order valence-electron chi connectivity index (χ4n) is 7.51. The molecule has 1 aromatic carbocycles. The first-order chi connectivity index (χ1) is 20.6. The number of aliphatic hydroxyl groups is 1. The summed E-state index contributed by atoms with van der Waals surface area (Å²) in [5, 5.41) is 9.47. The van der Waals surface area contributed by atoms with Gasteiger partial charge in [0.1, 0.15) is 17.4 Å². The maximum absolute atomic E-state index is 14.6. The molecule has 0 radical (unpaired) electrons. The quantitative estimate of drug-likeness (QED) is 0.227. The van der Waals surface area contributed by atoms with Crippen LogP contribution < -0.4 is 9.64 Å². The van der Waals surface area contributed by atoms with E-state index >= 15 is 0 Å². The molecule has 9 heteroatoms. The van der Waals surface area contributed by atoms with E-state index < -0.39 is 29.1 Å². The van der Waals surface area contributed by atoms with Crippen LogP contribution in [0.2, 0.25) is 0 Å². The summed E-state index contributed by atoms with van der Waals surface area (Å²) in [5.74, 6) is -1.52. The largest absolute Gasteiger partial charge is 0.494 e. The highest BCUT2D eigenvalue weighted by Gasteiger charge is 2.80. The Morgan fingerprint density at radius 3 is 2.42 bits per heavy atom. The van der Waals surface area contributed by atoms with Crippen molar-refractivity contribution in [3.05, 3.63) is 49.6 Å². The molecule has 2 bridgehead atoms. The van der Waals surface area contributed by atoms with Crippen molar-refractivity contribution in [3.63, 3.8) is 0 Å². The molecule has 9 nitrogen and oxygen atoms in total. The van der Waals surface area contributed by atoms with Crippen molar-refractivity contribution in [1.82, 2.24) is 9.80 Å². The lowest BCUT2D eigenvalue weighted by Crippen LogP contribution is -2.57. The molecule has 0 aromatic heterocycles. The van der Waals surface area contributed by atoms with E-state index in [1.165, 1.54) is 0 Å². The minimum absolute atomic E-state index is 0.000377. The number of amides is 3. The highest BCUT2D eigenvalue weighted by Crippen LogP contribution is 2.65. The molecule has 1 N–H and O–H groups in total. The molecule has 1 aromatic rings. The van der Waals surface area contributed by atoms with Gasteiger partial charge in [0, 0.05) is 38.5 Å². The van der Waals surface area contributed by atoms with E-state index in [4.69, 9.17) is 9.47 Å². The van der Waals surface area contributed by atoms with Crippen molar-refractivity contribution in [1.29, 1.82) is 0 Å². The van der Waals surface area contributed by atoms with Crippen LogP contribution in [-0.4, -0.2) is 89.3 Å². The third kappa shape index (κ3) is 5.74. The average molecular weight is 596 g/mol. The third-order valence-electron chi connectivity index (χ3n) is 9.60. The number of nitrogens with zero attached hydrogens (tertiary/aromatic N) is 3. The van der Waals surface area contributed by atoms with Gasteiger partial charge in [-0.25, -0.2) is 0 Å². The number of hydrogen-bond acceptors (Lipinski definition) is 6. The highest BCUT2D eigenvalue weighted by atomic mass is 16.5. The van der Waals surface area contributed by atoms with Crippen LogP contribution >= 0.6 is 0 Å². The van der Waals surface area contributed by atoms with Crippen LogP contribution in [-0.2, 0) is 19.1 Å². The third-order valence-corrected chi connectivity index (χ3v) is 9.60. The van der Waals surface area contributed by atoms with Gasteiger partial charge in [-0.05, 0) is 69.7 Å². The molecule has 6 atom stereocenters. The second kappa shape index (κ2) is 13.6. The Hall–Kier alpha value is -3.17. The van der Waals surface area contributed by atoms with Crippen molar-refractivity contribution in [2.24, 2.45) is 17.8 Å². The normalized spacial score (nSPS) is 29.0. The number of fused-ring (bicyclic) bond motifs is 1. The molecule has 4 rings (SSSR count). The predicted molar refractivity (Wildman–Crippen MR) is 167 cm³/mol. The van der Waals surface area contributed by atoms with Gasteiger partial charge in [-0.1, -0.05) is 32.4 Å². The number of likely N-dealkylation sites (tertiary alicyclic amines) is 1. The molecule has 0 saturated carbocycles. The van der Waals surface area contributed by atoms with Crippen LogP contribution in [0.15, 0.2) is 49.6 Å². The Morgan fingerprint density at radius 2 is 1.81 bits per heavy atom. The Bertz CT molecular complexity index is 1190. The molecule has 3 aliphatic rings. The first kappa shape index (κ1) is 32.7. The van der Waals surface area contributed by atoms with Gasteiger partial charge in [-0.3, -0.25) is 14.4 Å². The lowest BCUT2D eigenvalue weighted by atomic mass is 9.62. The standard InChI is InChI=1S/C34H49N3O6/c1-7-11-20-35(18-8-2)32(41)29-34-23-24(5)33(6,43-34)27(28(34)31(40)37(29)21-12-13-22-38)30(39)36(19-9-3)25-14-16-26(17-15-25)42-10-4/h8-9,14-17,24,27-29,38H,2-3,7,10-13,18-23H2,1,4-6H3/t24?,27-,28-,29?,33+,34?/m0/s1. The lowest BCUT2D eigenvalue weighted by molar-refractivity contribution is -0.152. The van der Waals surface area contributed by atoms with Crippen molar-refractivity contribution in [3.8, 4) is 5.75 Å². The SMILES string of the molecule is C=CCN(CCCC)C(=O)C1N(CCCCO)C(=O)[C@@H]2[C@@H](C(=O)N(CC=C)c3ccc(OCC)cc3)[C@]3(C)OC12CC3C. The van der Waals surface area contributed by atoms with E-state index in [-0.39, 0.29) is 36.8 Å². The number of ether oxygens (including phenoxy) is 2. The molecule has 43 heavy (non-hydrogen) atoms. The summed E-state index contributed by atoms with van der Waals surface area (Å²) in [6.45, 7) is 17.8. The van der Waals surface area contributed by atoms with Crippen LogP contribution in [0.4, 0.5) is 5.69 Å². The molecular weight excluding hydrogens is 546 g/mol. The van der Waals surface area contributed by atoms with E-state index in [2.05, 4.69) is 27.0 Å². The van der Waals surface area contributed by atoms with Crippen molar-refractivity contribution >= 4 is 23.4 Å². The minimum Gasteiger partial charge on any atom is -0.494 e. The topological polar surface area (TPSA) is 99.6 Å². The molecule has 3 unspecified atom stereocenters. The Labute approximate surface area is 256 Å². The summed E-state index contributed by atoms with van der Waals surface area (Å²) in [6.07, 6.45) is 6.71. The Morgan fingerprint density at radius 1 is 1.12 bits per heavy atom. The number of unbranched alkanes of at least 4 members (excludes halogenated alkanes) is 2. The maximum atomic E-state index is 14.6. The van der Waals surface area contributed by atoms with Gasteiger partial charge < -0.3 is 29.3 Å². The number of carbonyl (C=O) groups is 3. The average Bonchev–Trinajstić information content (AvgIpc) is 3.50. The second-order valence-electron chi connectivity index (χ2n) is 12.3. The van der Waals surface area contributed by atoms with Gasteiger partial charge in [-0.15, -0.1) is 13.2 Å². The van der Waals surface area contributed by atoms with Gasteiger partial charge in [0.2, 0.25) is 17.7 Å². The Balaban J connectivity index is 1.77. The molecule has 3 aliphatic heterocycles. The summed E-state index contributed by atoms with van der Waals surface area (Å²) >= 11 is 0. The van der Waals surface area contributed by atoms with E-state index in [1.807, 2.05) is 38.1 Å². The Kier molecular flexibility index (Phi) is 10.4. The van der Waals surface area contributed by atoms with Gasteiger partial charge >= 0.3 is 0 Å². The number of aliphatic hydroxyl groups excluding tert-OH is 1. The van der Waals surface area contributed by atoms with Crippen molar-refractivity contribution in [2.45, 2.75) is 77.0 Å². The van der Waals surface area contributed by atoms with Gasteiger partial charge in [0.05, 0.1) is 24.0 Å². The van der Waals surface area contributed by atoms with Crippen LogP contribution in [0.25, 0.3) is 0 Å². The van der Waals surface area contributed by atoms with Gasteiger partial charge in [-0.2, -0.15) is 0 Å². The summed E-state index contributed by atoms with van der Waals surface area (Å²) < 4.78 is 12.5. The second-order valence-corrected chi connectivity index (χ2v) is 12.3.